The van der Waals surface area contributed by atoms with Gasteiger partial charge in [0.1, 0.15) is 5.82 Å². The van der Waals surface area contributed by atoms with Crippen molar-refractivity contribution >= 4 is 23.5 Å². The number of carbonyl (C=O) groups is 2. The third kappa shape index (κ3) is 3.04. The van der Waals surface area contributed by atoms with E-state index >= 15 is 0 Å². The highest BCUT2D eigenvalue weighted by atomic mass is 35.5. The van der Waals surface area contributed by atoms with Crippen LogP contribution in [0.3, 0.4) is 0 Å². The molecule has 19 heavy (non-hydrogen) atoms. The summed E-state index contributed by atoms with van der Waals surface area (Å²) in [6, 6.07) is 3.84. The van der Waals surface area contributed by atoms with E-state index in [1.54, 1.807) is 0 Å². The lowest BCUT2D eigenvalue weighted by atomic mass is 9.97. The number of likely N-dealkylation sites (tertiary alicyclic amines) is 1. The minimum absolute atomic E-state index is 0.0737. The Labute approximate surface area is 114 Å². The van der Waals surface area contributed by atoms with Gasteiger partial charge in [0.15, 0.2) is 0 Å². The number of hydrogen-bond acceptors (Lipinski definition) is 2. The lowest BCUT2D eigenvalue weighted by Crippen LogP contribution is -2.42. The monoisotopic (exact) mass is 285 g/mol. The molecule has 0 unspecified atom stereocenters. The van der Waals surface area contributed by atoms with E-state index in [1.807, 2.05) is 0 Å². The molecule has 0 saturated carbocycles. The van der Waals surface area contributed by atoms with Crippen LogP contribution in [0.2, 0.25) is 5.02 Å². The van der Waals surface area contributed by atoms with E-state index in [0.717, 1.165) is 6.07 Å². The molecule has 0 aliphatic carbocycles. The molecule has 1 aliphatic heterocycles. The Hall–Kier alpha value is -1.62. The molecule has 0 spiro atoms. The fourth-order valence-corrected chi connectivity index (χ4v) is 2.36. The Morgan fingerprint density at radius 2 is 2.16 bits per heavy atom. The van der Waals surface area contributed by atoms with E-state index in [4.69, 9.17) is 16.7 Å². The molecular weight excluding hydrogens is 273 g/mol. The summed E-state index contributed by atoms with van der Waals surface area (Å²) in [7, 11) is 0. The van der Waals surface area contributed by atoms with Gasteiger partial charge in [0.2, 0.25) is 0 Å². The van der Waals surface area contributed by atoms with Gasteiger partial charge in [0.05, 0.1) is 11.5 Å². The van der Waals surface area contributed by atoms with E-state index in [9.17, 15) is 14.0 Å². The Balaban J connectivity index is 2.17. The number of amides is 1. The number of benzene rings is 1. The third-order valence-corrected chi connectivity index (χ3v) is 3.45. The first-order valence-electron chi connectivity index (χ1n) is 5.96. The van der Waals surface area contributed by atoms with Crippen LogP contribution in [0, 0.1) is 11.7 Å². The van der Waals surface area contributed by atoms with Crippen molar-refractivity contribution in [2.24, 2.45) is 5.92 Å². The van der Waals surface area contributed by atoms with Crippen LogP contribution < -0.4 is 0 Å². The van der Waals surface area contributed by atoms with Crippen LogP contribution in [0.1, 0.15) is 23.2 Å². The molecular formula is C13H13ClFNO3. The Bertz CT molecular complexity index is 521. The third-order valence-electron chi connectivity index (χ3n) is 3.22. The topological polar surface area (TPSA) is 57.6 Å². The summed E-state index contributed by atoms with van der Waals surface area (Å²) in [6.07, 6.45) is 1.15. The van der Waals surface area contributed by atoms with Gasteiger partial charge in [0, 0.05) is 18.1 Å². The Kier molecular flexibility index (Phi) is 4.04. The van der Waals surface area contributed by atoms with Crippen LogP contribution in [-0.4, -0.2) is 35.0 Å². The molecule has 1 atom stereocenters. The van der Waals surface area contributed by atoms with Gasteiger partial charge < -0.3 is 10.0 Å². The van der Waals surface area contributed by atoms with Gasteiger partial charge >= 0.3 is 5.97 Å². The fourth-order valence-electron chi connectivity index (χ4n) is 2.20. The summed E-state index contributed by atoms with van der Waals surface area (Å²) < 4.78 is 13.7. The van der Waals surface area contributed by atoms with Crippen LogP contribution >= 0.6 is 11.6 Å². The number of carboxylic acids is 1. The van der Waals surface area contributed by atoms with E-state index in [2.05, 4.69) is 0 Å². The lowest BCUT2D eigenvalue weighted by molar-refractivity contribution is -0.143. The summed E-state index contributed by atoms with van der Waals surface area (Å²) >= 11 is 5.63. The maximum atomic E-state index is 13.7. The zero-order valence-corrected chi connectivity index (χ0v) is 10.9. The average molecular weight is 286 g/mol. The number of aliphatic carboxylic acids is 1. The minimum atomic E-state index is -0.922. The zero-order valence-electron chi connectivity index (χ0n) is 10.1. The summed E-state index contributed by atoms with van der Waals surface area (Å²) in [5.41, 5.74) is -0.0737. The van der Waals surface area contributed by atoms with E-state index in [0.29, 0.717) is 19.4 Å². The second kappa shape index (κ2) is 5.57. The van der Waals surface area contributed by atoms with Crippen LogP contribution in [0.15, 0.2) is 18.2 Å². The zero-order chi connectivity index (χ0) is 14.0. The number of nitrogens with zero attached hydrogens (tertiary/aromatic N) is 1. The van der Waals surface area contributed by atoms with E-state index in [-0.39, 0.29) is 17.1 Å². The molecule has 1 fully saturated rings. The molecule has 0 bridgehead atoms. The number of piperidine rings is 1. The van der Waals surface area contributed by atoms with Crippen molar-refractivity contribution in [2.45, 2.75) is 12.8 Å². The molecule has 1 N–H and O–H groups in total. The predicted molar refractivity (Wildman–Crippen MR) is 67.7 cm³/mol. The van der Waals surface area contributed by atoms with Gasteiger partial charge in [-0.3, -0.25) is 9.59 Å². The quantitative estimate of drug-likeness (QED) is 0.908. The molecule has 1 saturated heterocycles. The maximum Gasteiger partial charge on any atom is 0.308 e. The number of hydrogen-bond donors (Lipinski definition) is 1. The molecule has 102 valence electrons. The summed E-state index contributed by atoms with van der Waals surface area (Å²) in [4.78, 5) is 24.5. The highest BCUT2D eigenvalue weighted by Crippen LogP contribution is 2.21. The van der Waals surface area contributed by atoms with Gasteiger partial charge in [0.25, 0.3) is 5.91 Å². The molecule has 1 heterocycles. The Morgan fingerprint density at radius 3 is 2.79 bits per heavy atom. The highest BCUT2D eigenvalue weighted by Gasteiger charge is 2.29. The van der Waals surface area contributed by atoms with Gasteiger partial charge in [-0.25, -0.2) is 4.39 Å². The lowest BCUT2D eigenvalue weighted by Gasteiger charge is -2.30. The van der Waals surface area contributed by atoms with Crippen molar-refractivity contribution in [1.29, 1.82) is 0 Å². The first-order valence-corrected chi connectivity index (χ1v) is 6.34. The average Bonchev–Trinajstić information content (AvgIpc) is 2.38. The molecule has 1 amide bonds. The first kappa shape index (κ1) is 13.8. The summed E-state index contributed by atoms with van der Waals surface area (Å²) in [5, 5.41) is 9.19. The van der Waals surface area contributed by atoms with Crippen molar-refractivity contribution in [2.75, 3.05) is 13.1 Å². The smallest absolute Gasteiger partial charge is 0.308 e. The molecule has 2 rings (SSSR count). The van der Waals surface area contributed by atoms with Crippen molar-refractivity contribution < 1.29 is 19.1 Å². The van der Waals surface area contributed by atoms with Crippen LogP contribution in [0.25, 0.3) is 0 Å². The number of halogens is 2. The second-order valence-electron chi connectivity index (χ2n) is 4.55. The predicted octanol–water partition coefficient (Wildman–Crippen LogP) is 2.42. The van der Waals surface area contributed by atoms with Crippen LogP contribution in [0.4, 0.5) is 4.39 Å². The molecule has 1 aromatic carbocycles. The number of rotatable bonds is 2. The van der Waals surface area contributed by atoms with Crippen molar-refractivity contribution in [3.05, 3.63) is 34.6 Å². The standard InChI is InChI=1S/C13H13ClFNO3/c14-9-3-4-10(11(15)6-9)12(17)16-5-1-2-8(7-16)13(18)19/h3-4,6,8H,1-2,5,7H2,(H,18,19)/t8-/m0/s1. The summed E-state index contributed by atoms with van der Waals surface area (Å²) in [6.45, 7) is 0.570. The van der Waals surface area contributed by atoms with Gasteiger partial charge in [-0.1, -0.05) is 11.6 Å². The molecule has 4 nitrogen and oxygen atoms in total. The number of carboxylic acid groups (broad SMARTS) is 1. The van der Waals surface area contributed by atoms with Crippen molar-refractivity contribution in [3.63, 3.8) is 0 Å². The molecule has 0 radical (unpaired) electrons. The highest BCUT2D eigenvalue weighted by molar-refractivity contribution is 6.30. The molecule has 1 aromatic rings. The van der Waals surface area contributed by atoms with Crippen molar-refractivity contribution in [3.8, 4) is 0 Å². The number of carbonyl (C=O) groups excluding carboxylic acids is 1. The van der Waals surface area contributed by atoms with Gasteiger partial charge in [-0.15, -0.1) is 0 Å². The Morgan fingerprint density at radius 1 is 1.42 bits per heavy atom. The summed E-state index contributed by atoms with van der Waals surface area (Å²) in [5.74, 6) is -2.67. The first-order chi connectivity index (χ1) is 8.99. The maximum absolute atomic E-state index is 13.7. The van der Waals surface area contributed by atoms with E-state index in [1.165, 1.54) is 17.0 Å². The van der Waals surface area contributed by atoms with Gasteiger partial charge in [-0.05, 0) is 31.0 Å². The largest absolute Gasteiger partial charge is 0.481 e. The van der Waals surface area contributed by atoms with Crippen LogP contribution in [0.5, 0.6) is 0 Å². The minimum Gasteiger partial charge on any atom is -0.481 e. The van der Waals surface area contributed by atoms with Crippen molar-refractivity contribution in [1.82, 2.24) is 4.90 Å². The molecule has 0 aromatic heterocycles. The van der Waals surface area contributed by atoms with Crippen LogP contribution in [-0.2, 0) is 4.79 Å². The normalized spacial score (nSPS) is 19.3. The fraction of sp³-hybridized carbons (Fsp3) is 0.385. The van der Waals surface area contributed by atoms with E-state index < -0.39 is 23.6 Å². The molecule has 6 heteroatoms. The molecule has 1 aliphatic rings. The van der Waals surface area contributed by atoms with Gasteiger partial charge in [-0.2, -0.15) is 0 Å². The second-order valence-corrected chi connectivity index (χ2v) is 4.99. The SMILES string of the molecule is O=C(O)[C@H]1CCCN(C(=O)c2ccc(Cl)cc2F)C1.